The first-order chi connectivity index (χ1) is 9.47. The highest BCUT2D eigenvalue weighted by molar-refractivity contribution is 6.06. The van der Waals surface area contributed by atoms with Crippen LogP contribution < -0.4 is 0 Å². The Kier molecular flexibility index (Phi) is 6.17. The molecule has 0 spiro atoms. The Labute approximate surface area is 120 Å². The normalized spacial score (nSPS) is 25.6. The molecule has 0 heterocycles. The van der Waals surface area contributed by atoms with Gasteiger partial charge in [0.2, 0.25) is 0 Å². The van der Waals surface area contributed by atoms with Gasteiger partial charge in [-0.25, -0.2) is 0 Å². The molecule has 0 aromatic heterocycles. The molecule has 2 unspecified atom stereocenters. The number of unbranched alkanes of at least 4 members (excludes halogenated alkanes) is 1. The molecule has 0 bridgehead atoms. The molecule has 5 nitrogen and oxygen atoms in total. The molecule has 0 amide bonds. The highest BCUT2D eigenvalue weighted by Crippen LogP contribution is 2.43. The van der Waals surface area contributed by atoms with Crippen LogP contribution >= 0.6 is 0 Å². The van der Waals surface area contributed by atoms with Gasteiger partial charge in [0.1, 0.15) is 5.41 Å². The van der Waals surface area contributed by atoms with E-state index in [2.05, 4.69) is 0 Å². The van der Waals surface area contributed by atoms with Crippen molar-refractivity contribution in [2.75, 3.05) is 13.7 Å². The summed E-state index contributed by atoms with van der Waals surface area (Å²) in [5.41, 5.74) is -1.14. The third kappa shape index (κ3) is 3.58. The van der Waals surface area contributed by atoms with Crippen LogP contribution in [-0.2, 0) is 23.9 Å². The zero-order valence-corrected chi connectivity index (χ0v) is 12.6. The van der Waals surface area contributed by atoms with Gasteiger partial charge in [-0.1, -0.05) is 20.3 Å². The molecule has 1 aliphatic rings. The molecule has 1 aliphatic carbocycles. The lowest BCUT2D eigenvalue weighted by Crippen LogP contribution is -2.38. The number of carbonyl (C=O) groups excluding carboxylic acids is 3. The van der Waals surface area contributed by atoms with Gasteiger partial charge in [-0.3, -0.25) is 14.4 Å². The fourth-order valence-corrected chi connectivity index (χ4v) is 2.66. The second-order valence-electron chi connectivity index (χ2n) is 5.45. The Hall–Kier alpha value is -1.39. The van der Waals surface area contributed by atoms with E-state index < -0.39 is 11.4 Å². The topological polar surface area (TPSA) is 69.7 Å². The van der Waals surface area contributed by atoms with Crippen molar-refractivity contribution in [1.29, 1.82) is 0 Å². The number of methoxy groups -OCH3 is 1. The zero-order chi connectivity index (χ0) is 15.2. The zero-order valence-electron chi connectivity index (χ0n) is 12.6. The number of Topliss-reactive ketones (excluding diaryl/α,β-unsaturated/α-hetero) is 1. The van der Waals surface area contributed by atoms with Crippen molar-refractivity contribution in [2.24, 2.45) is 11.3 Å². The van der Waals surface area contributed by atoms with E-state index in [0.29, 0.717) is 19.4 Å². The minimum atomic E-state index is -1.14. The number of carbonyl (C=O) groups is 3. The molecule has 114 valence electrons. The molecule has 0 aliphatic heterocycles. The van der Waals surface area contributed by atoms with Gasteiger partial charge in [-0.05, 0) is 25.7 Å². The van der Waals surface area contributed by atoms with E-state index in [1.54, 1.807) is 0 Å². The summed E-state index contributed by atoms with van der Waals surface area (Å²) in [5.74, 6) is -1.13. The molecular weight excluding hydrogens is 260 g/mol. The van der Waals surface area contributed by atoms with Gasteiger partial charge in [-0.15, -0.1) is 0 Å². The van der Waals surface area contributed by atoms with E-state index in [9.17, 15) is 14.4 Å². The molecule has 0 radical (unpaired) electrons. The highest BCUT2D eigenvalue weighted by Gasteiger charge is 2.52. The summed E-state index contributed by atoms with van der Waals surface area (Å²) in [5, 5.41) is 0. The van der Waals surface area contributed by atoms with E-state index in [0.717, 1.165) is 12.8 Å². The smallest absolute Gasteiger partial charge is 0.319 e. The second-order valence-corrected chi connectivity index (χ2v) is 5.45. The summed E-state index contributed by atoms with van der Waals surface area (Å²) in [7, 11) is 1.28. The second kappa shape index (κ2) is 7.41. The number of hydrogen-bond acceptors (Lipinski definition) is 5. The summed E-state index contributed by atoms with van der Waals surface area (Å²) >= 11 is 0. The average molecular weight is 284 g/mol. The average Bonchev–Trinajstić information content (AvgIpc) is 2.74. The Bertz CT molecular complexity index is 376. The van der Waals surface area contributed by atoms with Gasteiger partial charge >= 0.3 is 11.9 Å². The third-order valence-electron chi connectivity index (χ3n) is 4.02. The van der Waals surface area contributed by atoms with Crippen LogP contribution in [0.5, 0.6) is 0 Å². The van der Waals surface area contributed by atoms with E-state index in [1.807, 2.05) is 13.8 Å². The monoisotopic (exact) mass is 284 g/mol. The van der Waals surface area contributed by atoms with E-state index >= 15 is 0 Å². The quantitative estimate of drug-likeness (QED) is 0.407. The van der Waals surface area contributed by atoms with Crippen LogP contribution in [0.4, 0.5) is 0 Å². The number of rotatable bonds is 7. The van der Waals surface area contributed by atoms with E-state index in [4.69, 9.17) is 9.47 Å². The third-order valence-corrected chi connectivity index (χ3v) is 4.02. The number of esters is 2. The standard InChI is InChI=1S/C15H24O5/c1-4-5-10-20-12(16)7-9-15(14(18)19-3)8-6-11(2)13(15)17/h11H,4-10H2,1-3H3. The maximum absolute atomic E-state index is 12.2. The summed E-state index contributed by atoms with van der Waals surface area (Å²) in [6.07, 6.45) is 3.17. The minimum absolute atomic E-state index is 0.0806. The first-order valence-corrected chi connectivity index (χ1v) is 7.26. The molecule has 0 N–H and O–H groups in total. The summed E-state index contributed by atoms with van der Waals surface area (Å²) in [6, 6.07) is 0. The first kappa shape index (κ1) is 16.7. The summed E-state index contributed by atoms with van der Waals surface area (Å²) in [6.45, 7) is 4.22. The number of ketones is 1. The van der Waals surface area contributed by atoms with Gasteiger partial charge in [0.25, 0.3) is 0 Å². The molecule has 1 rings (SSSR count). The van der Waals surface area contributed by atoms with Gasteiger partial charge in [0.15, 0.2) is 5.78 Å². The Balaban J connectivity index is 2.62. The molecule has 0 aromatic rings. The lowest BCUT2D eigenvalue weighted by molar-refractivity contribution is -0.158. The summed E-state index contributed by atoms with van der Waals surface area (Å²) < 4.78 is 9.84. The van der Waals surface area contributed by atoms with Crippen molar-refractivity contribution in [2.45, 2.75) is 52.4 Å². The lowest BCUT2D eigenvalue weighted by atomic mass is 9.79. The van der Waals surface area contributed by atoms with Crippen LogP contribution in [0.2, 0.25) is 0 Å². The van der Waals surface area contributed by atoms with Crippen LogP contribution in [0, 0.1) is 11.3 Å². The molecule has 5 heteroatoms. The van der Waals surface area contributed by atoms with Crippen molar-refractivity contribution in [3.8, 4) is 0 Å². The van der Waals surface area contributed by atoms with E-state index in [1.165, 1.54) is 7.11 Å². The van der Waals surface area contributed by atoms with Crippen molar-refractivity contribution < 1.29 is 23.9 Å². The van der Waals surface area contributed by atoms with Crippen LogP contribution in [0.15, 0.2) is 0 Å². The predicted octanol–water partition coefficient (Wildman–Crippen LogP) is 2.27. The van der Waals surface area contributed by atoms with Gasteiger partial charge in [0, 0.05) is 12.3 Å². The Morgan fingerprint density at radius 1 is 1.40 bits per heavy atom. The van der Waals surface area contributed by atoms with Gasteiger partial charge in [-0.2, -0.15) is 0 Å². The van der Waals surface area contributed by atoms with Crippen molar-refractivity contribution >= 4 is 17.7 Å². The molecule has 1 saturated carbocycles. The summed E-state index contributed by atoms with van der Waals surface area (Å²) in [4.78, 5) is 35.8. The maximum Gasteiger partial charge on any atom is 0.319 e. The van der Waals surface area contributed by atoms with Crippen molar-refractivity contribution in [3.05, 3.63) is 0 Å². The number of ether oxygens (including phenoxy) is 2. The van der Waals surface area contributed by atoms with Crippen molar-refractivity contribution in [3.63, 3.8) is 0 Å². The molecule has 1 fully saturated rings. The highest BCUT2D eigenvalue weighted by atomic mass is 16.5. The van der Waals surface area contributed by atoms with Gasteiger partial charge in [0.05, 0.1) is 13.7 Å². The molecule has 0 aromatic carbocycles. The Morgan fingerprint density at radius 3 is 2.60 bits per heavy atom. The lowest BCUT2D eigenvalue weighted by Gasteiger charge is -2.24. The van der Waals surface area contributed by atoms with Crippen LogP contribution in [0.1, 0.15) is 52.4 Å². The van der Waals surface area contributed by atoms with Crippen LogP contribution in [-0.4, -0.2) is 31.4 Å². The Morgan fingerprint density at radius 2 is 2.10 bits per heavy atom. The molecule has 0 saturated heterocycles. The predicted molar refractivity (Wildman–Crippen MR) is 73.0 cm³/mol. The van der Waals surface area contributed by atoms with Gasteiger partial charge < -0.3 is 9.47 Å². The molecule has 2 atom stereocenters. The molecule has 20 heavy (non-hydrogen) atoms. The van der Waals surface area contributed by atoms with E-state index in [-0.39, 0.29) is 30.5 Å². The fraction of sp³-hybridized carbons (Fsp3) is 0.800. The molecular formula is C15H24O5. The maximum atomic E-state index is 12.2. The largest absolute Gasteiger partial charge is 0.468 e. The first-order valence-electron chi connectivity index (χ1n) is 7.26. The fourth-order valence-electron chi connectivity index (χ4n) is 2.66. The van der Waals surface area contributed by atoms with Crippen LogP contribution in [0.3, 0.4) is 0 Å². The van der Waals surface area contributed by atoms with Crippen molar-refractivity contribution in [1.82, 2.24) is 0 Å². The van der Waals surface area contributed by atoms with Crippen LogP contribution in [0.25, 0.3) is 0 Å². The minimum Gasteiger partial charge on any atom is -0.468 e. The SMILES string of the molecule is CCCCOC(=O)CCC1(C(=O)OC)CCC(C)C1=O. The number of hydrogen-bond donors (Lipinski definition) is 0.